The molecule has 37 heavy (non-hydrogen) atoms. The molecule has 4 atom stereocenters. The van der Waals surface area contributed by atoms with Gasteiger partial charge in [-0.25, -0.2) is 0 Å². The Kier molecular flexibility index (Phi) is 17.5. The van der Waals surface area contributed by atoms with Crippen LogP contribution in [0.3, 0.4) is 0 Å². The van der Waals surface area contributed by atoms with Crippen molar-refractivity contribution in [1.82, 2.24) is 26.6 Å². The molecule has 17 nitrogen and oxygen atoms in total. The Bertz CT molecular complexity index is 679. The number of nitrogens with one attached hydrogen (secondary N) is 5. The van der Waals surface area contributed by atoms with E-state index in [0.29, 0.717) is 13.1 Å². The topological polar surface area (TPSA) is 290 Å². The third kappa shape index (κ3) is 14.7. The molecule has 0 aliphatic heterocycles. The summed E-state index contributed by atoms with van der Waals surface area (Å²) in [5.74, 6) is -4.38. The zero-order chi connectivity index (χ0) is 28.4. The highest BCUT2D eigenvalue weighted by molar-refractivity contribution is 5.93. The number of carbonyl (C=O) groups excluding carboxylic acids is 2. The van der Waals surface area contributed by atoms with Gasteiger partial charge in [-0.05, 0) is 0 Å². The highest BCUT2D eigenvalue weighted by Crippen LogP contribution is 2.17. The molecule has 0 aromatic heterocycles. The van der Waals surface area contributed by atoms with Crippen molar-refractivity contribution in [2.45, 2.75) is 42.8 Å². The molecular weight excluding hydrogens is 502 g/mol. The summed E-state index contributed by atoms with van der Waals surface area (Å²) in [6, 6.07) is 0. The van der Waals surface area contributed by atoms with E-state index >= 15 is 0 Å². The molecule has 0 fully saturated rings. The SMILES string of the molecule is O=C(O)CNCCNCCNC(CC(=O)NCC(O)C(O)CO)(CC(=O)NCC(O)C(O)CO)C(=O)O. The molecule has 0 heterocycles. The molecule has 2 amide bonds. The number of hydrogen-bond donors (Lipinski definition) is 13. The zero-order valence-electron chi connectivity index (χ0n) is 20.3. The molecule has 0 rings (SSSR count). The number of carboxylic acid groups (broad SMARTS) is 2. The molecule has 0 bridgehead atoms. The highest BCUT2D eigenvalue weighted by Gasteiger charge is 2.42. The first-order valence-corrected chi connectivity index (χ1v) is 11.5. The second-order valence-electron chi connectivity index (χ2n) is 8.23. The van der Waals surface area contributed by atoms with Crippen molar-refractivity contribution in [2.75, 3.05) is 59.0 Å². The van der Waals surface area contributed by atoms with Crippen LogP contribution in [0.4, 0.5) is 0 Å². The molecule has 0 aliphatic rings. The largest absolute Gasteiger partial charge is 0.480 e. The minimum Gasteiger partial charge on any atom is -0.480 e. The minimum atomic E-state index is -2.14. The van der Waals surface area contributed by atoms with Gasteiger partial charge in [-0.3, -0.25) is 24.5 Å². The number of carboxylic acids is 2. The van der Waals surface area contributed by atoms with Crippen molar-refractivity contribution in [3.8, 4) is 0 Å². The van der Waals surface area contributed by atoms with Gasteiger partial charge >= 0.3 is 11.9 Å². The Morgan fingerprint density at radius 3 is 1.49 bits per heavy atom. The van der Waals surface area contributed by atoms with Crippen LogP contribution in [-0.4, -0.2) is 154 Å². The lowest BCUT2D eigenvalue weighted by molar-refractivity contribution is -0.150. The summed E-state index contributed by atoms with van der Waals surface area (Å²) in [5, 5.41) is 86.9. The smallest absolute Gasteiger partial charge is 0.324 e. The van der Waals surface area contributed by atoms with E-state index < -0.39 is 92.9 Å². The third-order valence-corrected chi connectivity index (χ3v) is 5.13. The number of aliphatic hydroxyl groups excluding tert-OH is 6. The molecule has 17 heteroatoms. The number of carbonyl (C=O) groups is 4. The molecular formula is C20H39N5O12. The molecule has 0 aliphatic carbocycles. The van der Waals surface area contributed by atoms with Crippen molar-refractivity contribution in [3.63, 3.8) is 0 Å². The van der Waals surface area contributed by atoms with Crippen LogP contribution in [0.5, 0.6) is 0 Å². The van der Waals surface area contributed by atoms with Gasteiger partial charge in [-0.1, -0.05) is 0 Å². The van der Waals surface area contributed by atoms with Crippen molar-refractivity contribution in [1.29, 1.82) is 0 Å². The van der Waals surface area contributed by atoms with Gasteiger partial charge in [-0.2, -0.15) is 0 Å². The van der Waals surface area contributed by atoms with Crippen LogP contribution >= 0.6 is 0 Å². The van der Waals surface area contributed by atoms with E-state index in [2.05, 4.69) is 26.6 Å². The molecule has 0 aromatic rings. The van der Waals surface area contributed by atoms with Crippen molar-refractivity contribution >= 4 is 23.8 Å². The number of hydrogen-bond acceptors (Lipinski definition) is 13. The van der Waals surface area contributed by atoms with Crippen LogP contribution in [-0.2, 0) is 19.2 Å². The van der Waals surface area contributed by atoms with Crippen LogP contribution in [0.15, 0.2) is 0 Å². The predicted octanol–water partition coefficient (Wildman–Crippen LogP) is -6.90. The standard InChI is InChI=1S/C20H39N5O12/c26-10-14(30)12(28)7-23-16(32)5-20(19(36)37,6-17(33)24-8-13(29)15(31)11-27)25-4-3-21-1-2-22-9-18(34)35/h12-15,21-22,25-31H,1-11H2,(H,23,32)(H,24,33)(H,34,35)(H,36,37). The summed E-state index contributed by atoms with van der Waals surface area (Å²) < 4.78 is 0. The maximum absolute atomic E-state index is 12.4. The van der Waals surface area contributed by atoms with E-state index in [9.17, 15) is 44.7 Å². The fourth-order valence-corrected chi connectivity index (χ4v) is 2.93. The predicted molar refractivity (Wildman–Crippen MR) is 125 cm³/mol. The van der Waals surface area contributed by atoms with Gasteiger partial charge in [0.2, 0.25) is 11.8 Å². The van der Waals surface area contributed by atoms with Crippen LogP contribution in [0.25, 0.3) is 0 Å². The lowest BCUT2D eigenvalue weighted by atomic mass is 9.89. The summed E-state index contributed by atoms with van der Waals surface area (Å²) in [6.07, 6.45) is -7.68. The molecule has 4 unspecified atom stereocenters. The molecule has 13 N–H and O–H groups in total. The van der Waals surface area contributed by atoms with Gasteiger partial charge in [0.25, 0.3) is 0 Å². The van der Waals surface area contributed by atoms with E-state index in [1.54, 1.807) is 0 Å². The van der Waals surface area contributed by atoms with Crippen LogP contribution < -0.4 is 26.6 Å². The maximum atomic E-state index is 12.4. The summed E-state index contributed by atoms with van der Waals surface area (Å²) >= 11 is 0. The highest BCUT2D eigenvalue weighted by atomic mass is 16.4. The fraction of sp³-hybridized carbons (Fsp3) is 0.800. The fourth-order valence-electron chi connectivity index (χ4n) is 2.93. The Morgan fingerprint density at radius 1 is 0.649 bits per heavy atom. The summed E-state index contributed by atoms with van der Waals surface area (Å²) in [6.45, 7) is -1.99. The number of aliphatic hydroxyl groups is 6. The number of aliphatic carboxylic acids is 2. The van der Waals surface area contributed by atoms with Gasteiger partial charge < -0.3 is 62.1 Å². The minimum absolute atomic E-state index is 0.0382. The Balaban J connectivity index is 5.20. The van der Waals surface area contributed by atoms with Crippen molar-refractivity contribution in [2.24, 2.45) is 0 Å². The second-order valence-corrected chi connectivity index (χ2v) is 8.23. The first-order valence-electron chi connectivity index (χ1n) is 11.5. The van der Waals surface area contributed by atoms with Crippen molar-refractivity contribution < 1.29 is 60.0 Å². The summed E-state index contributed by atoms with van der Waals surface area (Å²) in [7, 11) is 0. The monoisotopic (exact) mass is 541 g/mol. The molecule has 216 valence electrons. The summed E-state index contributed by atoms with van der Waals surface area (Å²) in [5.41, 5.74) is -2.14. The summed E-state index contributed by atoms with van der Waals surface area (Å²) in [4.78, 5) is 47.5. The average molecular weight is 542 g/mol. The lowest BCUT2D eigenvalue weighted by Crippen LogP contribution is -2.59. The van der Waals surface area contributed by atoms with E-state index in [0.717, 1.165) is 0 Å². The number of rotatable bonds is 22. The van der Waals surface area contributed by atoms with Crippen LogP contribution in [0, 0.1) is 0 Å². The Hall–Kier alpha value is -2.48. The second kappa shape index (κ2) is 18.7. The molecule has 0 saturated heterocycles. The third-order valence-electron chi connectivity index (χ3n) is 5.13. The van der Waals surface area contributed by atoms with Crippen LogP contribution in [0.2, 0.25) is 0 Å². The van der Waals surface area contributed by atoms with Gasteiger partial charge in [0.15, 0.2) is 0 Å². The molecule has 0 aromatic carbocycles. The first kappa shape index (κ1) is 34.5. The quantitative estimate of drug-likeness (QED) is 0.0567. The van der Waals surface area contributed by atoms with Crippen LogP contribution in [0.1, 0.15) is 12.8 Å². The van der Waals surface area contributed by atoms with E-state index in [4.69, 9.17) is 15.3 Å². The van der Waals surface area contributed by atoms with Gasteiger partial charge in [0, 0.05) is 39.3 Å². The average Bonchev–Trinajstić information content (AvgIpc) is 2.85. The molecule has 0 spiro atoms. The van der Waals surface area contributed by atoms with Gasteiger partial charge in [0.05, 0.1) is 44.8 Å². The van der Waals surface area contributed by atoms with E-state index in [1.165, 1.54) is 0 Å². The number of amides is 2. The van der Waals surface area contributed by atoms with E-state index in [1.807, 2.05) is 0 Å². The maximum Gasteiger partial charge on any atom is 0.324 e. The lowest BCUT2D eigenvalue weighted by Gasteiger charge is -2.30. The molecule has 0 saturated carbocycles. The zero-order valence-corrected chi connectivity index (χ0v) is 20.3. The first-order chi connectivity index (χ1) is 17.4. The molecule has 0 radical (unpaired) electrons. The van der Waals surface area contributed by atoms with Gasteiger partial charge in [-0.15, -0.1) is 0 Å². The van der Waals surface area contributed by atoms with Gasteiger partial charge in [0.1, 0.15) is 17.7 Å². The van der Waals surface area contributed by atoms with Crippen molar-refractivity contribution in [3.05, 3.63) is 0 Å². The Morgan fingerprint density at radius 2 is 1.08 bits per heavy atom. The van der Waals surface area contributed by atoms with E-state index in [-0.39, 0.29) is 19.6 Å². The normalized spacial score (nSPS) is 16.2. The Labute approximate surface area is 212 Å².